The minimum Gasteiger partial charge on any atom is -0.273 e. The van der Waals surface area contributed by atoms with Gasteiger partial charge in [0.25, 0.3) is 5.91 Å². The van der Waals surface area contributed by atoms with Gasteiger partial charge in [0.05, 0.1) is 11.3 Å². The number of carbonyl (C=O) groups is 2. The average Bonchev–Trinajstić information content (AvgIpc) is 2.73. The summed E-state index contributed by atoms with van der Waals surface area (Å²) in [5.74, 6) is -0.445. The van der Waals surface area contributed by atoms with E-state index in [1.807, 2.05) is 13.8 Å². The molecule has 2 aromatic carbocycles. The number of nitrogens with zero attached hydrogens (tertiary/aromatic N) is 1. The van der Waals surface area contributed by atoms with Crippen molar-refractivity contribution in [2.45, 2.75) is 31.6 Å². The molecule has 2 N–H and O–H groups in total. The van der Waals surface area contributed by atoms with Gasteiger partial charge in [-0.1, -0.05) is 43.6 Å². The number of carbonyl (C=O) groups excluding carboxylic acids is 2. The number of hydrogen-bond donors (Lipinski definition) is 2. The third-order valence-electron chi connectivity index (χ3n) is 5.16. The van der Waals surface area contributed by atoms with E-state index < -0.39 is 21.8 Å². The van der Waals surface area contributed by atoms with Crippen molar-refractivity contribution in [3.05, 3.63) is 64.7 Å². The molecule has 2 unspecified atom stereocenters. The maximum Gasteiger partial charge on any atom is 0.269 e. The van der Waals surface area contributed by atoms with Gasteiger partial charge in [0, 0.05) is 23.7 Å². The highest BCUT2D eigenvalue weighted by atomic mass is 35.5. The summed E-state index contributed by atoms with van der Waals surface area (Å²) in [4.78, 5) is 24.6. The van der Waals surface area contributed by atoms with E-state index in [1.54, 1.807) is 24.3 Å². The van der Waals surface area contributed by atoms with Gasteiger partial charge in [-0.05, 0) is 54.2 Å². The maximum absolute atomic E-state index is 13.1. The quantitative estimate of drug-likeness (QED) is 0.666. The Bertz CT molecular complexity index is 1050. The summed E-state index contributed by atoms with van der Waals surface area (Å²) >= 11 is 5.82. The van der Waals surface area contributed by atoms with E-state index >= 15 is 0 Å². The molecule has 1 saturated heterocycles. The molecule has 0 bridgehead atoms. The third kappa shape index (κ3) is 6.06. The topological polar surface area (TPSA) is 95.6 Å². The first-order valence-electron chi connectivity index (χ1n) is 10.1. The van der Waals surface area contributed by atoms with Crippen LogP contribution < -0.4 is 10.9 Å². The third-order valence-corrected chi connectivity index (χ3v) is 7.24. The molecule has 1 fully saturated rings. The molecule has 2 atom stereocenters. The zero-order valence-electron chi connectivity index (χ0n) is 17.5. The lowest BCUT2D eigenvalue weighted by molar-refractivity contribution is -0.121. The molecule has 1 aliphatic rings. The Morgan fingerprint density at radius 2 is 1.68 bits per heavy atom. The highest BCUT2D eigenvalue weighted by Gasteiger charge is 2.32. The summed E-state index contributed by atoms with van der Waals surface area (Å²) in [6.45, 7) is 5.00. The van der Waals surface area contributed by atoms with E-state index in [0.29, 0.717) is 18.1 Å². The number of rotatable bonds is 5. The number of benzene rings is 2. The molecule has 166 valence electrons. The molecule has 2 aromatic rings. The lowest BCUT2D eigenvalue weighted by Gasteiger charge is -2.34. The Labute approximate surface area is 187 Å². The van der Waals surface area contributed by atoms with Crippen LogP contribution in [0.1, 0.15) is 36.2 Å². The molecule has 1 heterocycles. The van der Waals surface area contributed by atoms with Crippen molar-refractivity contribution in [1.29, 1.82) is 0 Å². The van der Waals surface area contributed by atoms with Crippen LogP contribution in [0, 0.1) is 11.8 Å². The lowest BCUT2D eigenvalue weighted by atomic mass is 9.94. The molecule has 0 aromatic heterocycles. The average molecular weight is 464 g/mol. The van der Waals surface area contributed by atoms with E-state index in [-0.39, 0.29) is 28.7 Å². The summed E-state index contributed by atoms with van der Waals surface area (Å²) in [5, 5.41) is 0.570. The van der Waals surface area contributed by atoms with E-state index in [1.165, 1.54) is 28.6 Å². The Hall–Kier alpha value is -2.42. The predicted molar refractivity (Wildman–Crippen MR) is 119 cm³/mol. The van der Waals surface area contributed by atoms with Crippen molar-refractivity contribution in [1.82, 2.24) is 15.2 Å². The standard InChI is InChI=1S/C22H26ClN3O4S/c1-15-10-16(2)14-26(13-15)31(29,30)20-5-3-4-18(12-20)22(28)25-24-21(27)11-17-6-8-19(23)9-7-17/h3-9,12,15-16H,10-11,13-14H2,1-2H3,(H,24,27)(H,25,28). The number of hydrazine groups is 1. The Morgan fingerprint density at radius 1 is 1.03 bits per heavy atom. The molecular weight excluding hydrogens is 438 g/mol. The maximum atomic E-state index is 13.1. The van der Waals surface area contributed by atoms with Gasteiger partial charge in [-0.2, -0.15) is 4.31 Å². The summed E-state index contributed by atoms with van der Waals surface area (Å²) in [5.41, 5.74) is 5.56. The van der Waals surface area contributed by atoms with Crippen LogP contribution in [-0.2, 0) is 21.2 Å². The van der Waals surface area contributed by atoms with E-state index in [9.17, 15) is 18.0 Å². The molecule has 0 spiro atoms. The van der Waals surface area contributed by atoms with Crippen LogP contribution in [0.25, 0.3) is 0 Å². The lowest BCUT2D eigenvalue weighted by Crippen LogP contribution is -2.43. The summed E-state index contributed by atoms with van der Waals surface area (Å²) in [7, 11) is -3.70. The van der Waals surface area contributed by atoms with Crippen LogP contribution in [0.3, 0.4) is 0 Å². The van der Waals surface area contributed by atoms with Gasteiger partial charge in [-0.15, -0.1) is 0 Å². The van der Waals surface area contributed by atoms with Gasteiger partial charge in [0.2, 0.25) is 15.9 Å². The van der Waals surface area contributed by atoms with Crippen molar-refractivity contribution in [3.63, 3.8) is 0 Å². The number of hydrogen-bond acceptors (Lipinski definition) is 4. The number of sulfonamides is 1. The van der Waals surface area contributed by atoms with Crippen LogP contribution in [0.2, 0.25) is 5.02 Å². The fraction of sp³-hybridized carbons (Fsp3) is 0.364. The number of nitrogens with one attached hydrogen (secondary N) is 2. The normalized spacial score (nSPS) is 19.6. The molecule has 0 saturated carbocycles. The second kappa shape index (κ2) is 9.80. The second-order valence-corrected chi connectivity index (χ2v) is 10.5. The van der Waals surface area contributed by atoms with E-state index in [2.05, 4.69) is 10.9 Å². The number of amides is 2. The highest BCUT2D eigenvalue weighted by Crippen LogP contribution is 2.27. The molecule has 0 aliphatic carbocycles. The first kappa shape index (κ1) is 23.2. The smallest absolute Gasteiger partial charge is 0.269 e. The molecular formula is C22H26ClN3O4S. The highest BCUT2D eigenvalue weighted by molar-refractivity contribution is 7.89. The summed E-state index contributed by atoms with van der Waals surface area (Å²) < 4.78 is 27.6. The fourth-order valence-electron chi connectivity index (χ4n) is 3.78. The SMILES string of the molecule is CC1CC(C)CN(S(=O)(=O)c2cccc(C(=O)NNC(=O)Cc3ccc(Cl)cc3)c2)C1. The summed E-state index contributed by atoms with van der Waals surface area (Å²) in [6, 6.07) is 12.6. The Balaban J connectivity index is 1.64. The second-order valence-electron chi connectivity index (χ2n) is 8.10. The number of piperidine rings is 1. The fourth-order valence-corrected chi connectivity index (χ4v) is 5.63. The largest absolute Gasteiger partial charge is 0.273 e. The van der Waals surface area contributed by atoms with Gasteiger partial charge in [-0.25, -0.2) is 8.42 Å². The van der Waals surface area contributed by atoms with Crippen LogP contribution in [-0.4, -0.2) is 37.6 Å². The van der Waals surface area contributed by atoms with Gasteiger partial charge < -0.3 is 0 Å². The molecule has 3 rings (SSSR count). The molecule has 0 radical (unpaired) electrons. The first-order chi connectivity index (χ1) is 14.6. The van der Waals surface area contributed by atoms with Gasteiger partial charge >= 0.3 is 0 Å². The van der Waals surface area contributed by atoms with Crippen LogP contribution >= 0.6 is 11.6 Å². The molecule has 31 heavy (non-hydrogen) atoms. The zero-order chi connectivity index (χ0) is 22.6. The van der Waals surface area contributed by atoms with Gasteiger partial charge in [0.15, 0.2) is 0 Å². The molecule has 1 aliphatic heterocycles. The molecule has 2 amide bonds. The number of halogens is 1. The van der Waals surface area contributed by atoms with Crippen molar-refractivity contribution in [3.8, 4) is 0 Å². The summed E-state index contributed by atoms with van der Waals surface area (Å²) in [6.07, 6.45) is 1.06. The van der Waals surface area contributed by atoms with Crippen LogP contribution in [0.5, 0.6) is 0 Å². The predicted octanol–water partition coefficient (Wildman–Crippen LogP) is 3.01. The Morgan fingerprint density at radius 3 is 2.32 bits per heavy atom. The van der Waals surface area contributed by atoms with E-state index in [0.717, 1.165) is 12.0 Å². The van der Waals surface area contributed by atoms with Crippen molar-refractivity contribution in [2.75, 3.05) is 13.1 Å². The van der Waals surface area contributed by atoms with Crippen molar-refractivity contribution in [2.24, 2.45) is 11.8 Å². The van der Waals surface area contributed by atoms with Crippen LogP contribution in [0.15, 0.2) is 53.4 Å². The minimum atomic E-state index is -3.70. The minimum absolute atomic E-state index is 0.0638. The van der Waals surface area contributed by atoms with Crippen LogP contribution in [0.4, 0.5) is 0 Å². The van der Waals surface area contributed by atoms with Crippen molar-refractivity contribution < 1.29 is 18.0 Å². The van der Waals surface area contributed by atoms with Gasteiger partial charge in [-0.3, -0.25) is 20.4 Å². The zero-order valence-corrected chi connectivity index (χ0v) is 19.0. The molecule has 9 heteroatoms. The molecule has 7 nitrogen and oxygen atoms in total. The van der Waals surface area contributed by atoms with Crippen molar-refractivity contribution >= 4 is 33.4 Å². The monoisotopic (exact) mass is 463 g/mol. The first-order valence-corrected chi connectivity index (χ1v) is 11.9. The van der Waals surface area contributed by atoms with E-state index in [4.69, 9.17) is 11.6 Å². The van der Waals surface area contributed by atoms with Gasteiger partial charge in [0.1, 0.15) is 0 Å². The Kier molecular flexibility index (Phi) is 7.35.